The number of nitrogens with one attached hydrogen (secondary N) is 2. The van der Waals surface area contributed by atoms with Crippen LogP contribution in [-0.4, -0.2) is 7.05 Å². The van der Waals surface area contributed by atoms with Gasteiger partial charge in [-0.05, 0) is 31.0 Å². The molecule has 1 rings (SSSR count). The van der Waals surface area contributed by atoms with Gasteiger partial charge in [0.1, 0.15) is 0 Å². The van der Waals surface area contributed by atoms with E-state index in [1.165, 1.54) is 11.1 Å². The van der Waals surface area contributed by atoms with E-state index in [4.69, 9.17) is 0 Å². The predicted molar refractivity (Wildman–Crippen MR) is 48.6 cm³/mol. The molecule has 0 aliphatic heterocycles. The van der Waals surface area contributed by atoms with Crippen molar-refractivity contribution in [1.82, 2.24) is 5.43 Å². The van der Waals surface area contributed by atoms with E-state index in [2.05, 4.69) is 36.8 Å². The number of aryl methyl sites for hydroxylation is 1. The molecule has 0 amide bonds. The van der Waals surface area contributed by atoms with E-state index in [-0.39, 0.29) is 0 Å². The summed E-state index contributed by atoms with van der Waals surface area (Å²) in [5.41, 5.74) is 9.72. The van der Waals surface area contributed by atoms with E-state index in [0.717, 1.165) is 5.69 Å². The van der Waals surface area contributed by atoms with Crippen LogP contribution < -0.4 is 10.9 Å². The minimum atomic E-state index is 1.15. The Morgan fingerprint density at radius 3 is 2.55 bits per heavy atom. The first-order valence-corrected chi connectivity index (χ1v) is 3.74. The average molecular weight is 150 g/mol. The summed E-state index contributed by atoms with van der Waals surface area (Å²) in [6.07, 6.45) is 0. The maximum Gasteiger partial charge on any atom is 0.0519 e. The number of benzene rings is 1. The van der Waals surface area contributed by atoms with E-state index in [1.54, 1.807) is 0 Å². The number of hydrogen-bond acceptors (Lipinski definition) is 2. The minimum absolute atomic E-state index is 1.15. The molecule has 0 aliphatic carbocycles. The minimum Gasteiger partial charge on any atom is -0.321 e. The molecule has 0 spiro atoms. The van der Waals surface area contributed by atoms with E-state index in [9.17, 15) is 0 Å². The molecule has 0 atom stereocenters. The van der Waals surface area contributed by atoms with E-state index < -0.39 is 0 Å². The Hall–Kier alpha value is -1.02. The number of hydrazine groups is 1. The molecule has 2 nitrogen and oxygen atoms in total. The van der Waals surface area contributed by atoms with Crippen LogP contribution in [0.2, 0.25) is 0 Å². The molecular formula is C9H14N2. The number of hydrogen-bond donors (Lipinski definition) is 2. The van der Waals surface area contributed by atoms with Crippen LogP contribution in [-0.2, 0) is 0 Å². The third-order valence-electron chi connectivity index (χ3n) is 1.86. The molecule has 0 unspecified atom stereocenters. The van der Waals surface area contributed by atoms with Crippen molar-refractivity contribution in [2.45, 2.75) is 13.8 Å². The van der Waals surface area contributed by atoms with Crippen LogP contribution in [0.25, 0.3) is 0 Å². The van der Waals surface area contributed by atoms with Gasteiger partial charge in [0.05, 0.1) is 5.69 Å². The van der Waals surface area contributed by atoms with Gasteiger partial charge in [0.25, 0.3) is 0 Å². The van der Waals surface area contributed by atoms with Crippen molar-refractivity contribution in [2.24, 2.45) is 0 Å². The first-order valence-electron chi connectivity index (χ1n) is 3.74. The lowest BCUT2D eigenvalue weighted by atomic mass is 10.1. The molecule has 2 heteroatoms. The smallest absolute Gasteiger partial charge is 0.0519 e. The van der Waals surface area contributed by atoms with Gasteiger partial charge < -0.3 is 5.43 Å². The Morgan fingerprint density at radius 2 is 1.91 bits per heavy atom. The van der Waals surface area contributed by atoms with Crippen molar-refractivity contribution >= 4 is 5.69 Å². The van der Waals surface area contributed by atoms with Crippen LogP contribution in [0.5, 0.6) is 0 Å². The Balaban J connectivity index is 2.96. The van der Waals surface area contributed by atoms with Crippen molar-refractivity contribution in [3.05, 3.63) is 29.3 Å². The van der Waals surface area contributed by atoms with Gasteiger partial charge in [-0.3, -0.25) is 0 Å². The molecule has 0 aliphatic rings. The highest BCUT2D eigenvalue weighted by Gasteiger charge is 1.96. The van der Waals surface area contributed by atoms with E-state index >= 15 is 0 Å². The first kappa shape index (κ1) is 8.08. The summed E-state index contributed by atoms with van der Waals surface area (Å²) in [5.74, 6) is 0. The predicted octanol–water partition coefficient (Wildman–Crippen LogP) is 1.85. The monoisotopic (exact) mass is 150 g/mol. The van der Waals surface area contributed by atoms with Gasteiger partial charge in [-0.15, -0.1) is 0 Å². The van der Waals surface area contributed by atoms with Gasteiger partial charge in [-0.2, -0.15) is 0 Å². The lowest BCUT2D eigenvalue weighted by Crippen LogP contribution is -2.15. The Morgan fingerprint density at radius 1 is 1.18 bits per heavy atom. The summed E-state index contributed by atoms with van der Waals surface area (Å²) < 4.78 is 0. The molecule has 0 radical (unpaired) electrons. The molecular weight excluding hydrogens is 136 g/mol. The van der Waals surface area contributed by atoms with Crippen LogP contribution in [0.1, 0.15) is 11.1 Å². The third-order valence-corrected chi connectivity index (χ3v) is 1.86. The van der Waals surface area contributed by atoms with Crippen molar-refractivity contribution < 1.29 is 0 Å². The Bertz CT molecular complexity index is 243. The van der Waals surface area contributed by atoms with Crippen LogP contribution in [0.4, 0.5) is 5.69 Å². The lowest BCUT2D eigenvalue weighted by molar-refractivity contribution is 0.978. The van der Waals surface area contributed by atoms with Gasteiger partial charge in [-0.25, -0.2) is 5.43 Å². The summed E-state index contributed by atoms with van der Waals surface area (Å²) in [6, 6.07) is 6.21. The molecule has 2 N–H and O–H groups in total. The summed E-state index contributed by atoms with van der Waals surface area (Å²) in [6.45, 7) is 4.21. The second-order valence-electron chi connectivity index (χ2n) is 2.62. The molecule has 1 aromatic rings. The van der Waals surface area contributed by atoms with E-state index in [1.807, 2.05) is 13.1 Å². The Kier molecular flexibility index (Phi) is 2.49. The van der Waals surface area contributed by atoms with Gasteiger partial charge >= 0.3 is 0 Å². The van der Waals surface area contributed by atoms with Crippen molar-refractivity contribution in [3.8, 4) is 0 Å². The number of rotatable bonds is 2. The van der Waals surface area contributed by atoms with Gasteiger partial charge in [-0.1, -0.05) is 12.1 Å². The zero-order chi connectivity index (χ0) is 8.27. The highest BCUT2D eigenvalue weighted by molar-refractivity contribution is 5.52. The highest BCUT2D eigenvalue weighted by atomic mass is 15.3. The fraction of sp³-hybridized carbons (Fsp3) is 0.333. The molecule has 11 heavy (non-hydrogen) atoms. The van der Waals surface area contributed by atoms with Crippen LogP contribution in [0.3, 0.4) is 0 Å². The summed E-state index contributed by atoms with van der Waals surface area (Å²) in [4.78, 5) is 0. The summed E-state index contributed by atoms with van der Waals surface area (Å²) >= 11 is 0. The molecule has 0 saturated carbocycles. The summed E-state index contributed by atoms with van der Waals surface area (Å²) in [7, 11) is 1.86. The molecule has 0 bridgehead atoms. The van der Waals surface area contributed by atoms with E-state index in [0.29, 0.717) is 0 Å². The SMILES string of the molecule is CNNc1cccc(C)c1C. The standard InChI is InChI=1S/C9H14N2/c1-7-5-4-6-9(8(7)2)11-10-3/h4-6,10-11H,1-3H3. The van der Waals surface area contributed by atoms with Crippen molar-refractivity contribution in [3.63, 3.8) is 0 Å². The molecule has 1 aromatic carbocycles. The van der Waals surface area contributed by atoms with Gasteiger partial charge in [0.15, 0.2) is 0 Å². The highest BCUT2D eigenvalue weighted by Crippen LogP contribution is 2.16. The average Bonchev–Trinajstić information content (AvgIpc) is 1.99. The summed E-state index contributed by atoms with van der Waals surface area (Å²) in [5, 5.41) is 0. The van der Waals surface area contributed by atoms with Crippen molar-refractivity contribution in [2.75, 3.05) is 12.5 Å². The lowest BCUT2D eigenvalue weighted by Gasteiger charge is -2.09. The molecule has 60 valence electrons. The molecule has 0 heterocycles. The normalized spacial score (nSPS) is 9.73. The third kappa shape index (κ3) is 1.71. The quantitative estimate of drug-likeness (QED) is 0.629. The number of anilines is 1. The second kappa shape index (κ2) is 3.39. The van der Waals surface area contributed by atoms with Gasteiger partial charge in [0, 0.05) is 7.05 Å². The maximum absolute atomic E-state index is 3.07. The van der Waals surface area contributed by atoms with Crippen LogP contribution >= 0.6 is 0 Å². The topological polar surface area (TPSA) is 24.1 Å². The van der Waals surface area contributed by atoms with Crippen LogP contribution in [0.15, 0.2) is 18.2 Å². The first-order chi connectivity index (χ1) is 5.25. The maximum atomic E-state index is 3.07. The van der Waals surface area contributed by atoms with Crippen molar-refractivity contribution in [1.29, 1.82) is 0 Å². The largest absolute Gasteiger partial charge is 0.321 e. The molecule has 0 saturated heterocycles. The molecule has 0 aromatic heterocycles. The van der Waals surface area contributed by atoms with Crippen LogP contribution in [0, 0.1) is 13.8 Å². The fourth-order valence-electron chi connectivity index (χ4n) is 1.02. The Labute approximate surface area is 67.6 Å². The molecule has 0 fully saturated rings. The second-order valence-corrected chi connectivity index (χ2v) is 2.62. The van der Waals surface area contributed by atoms with Gasteiger partial charge in [0.2, 0.25) is 0 Å². The zero-order valence-electron chi connectivity index (χ0n) is 7.23. The fourth-order valence-corrected chi connectivity index (χ4v) is 1.02. The zero-order valence-corrected chi connectivity index (χ0v) is 7.23.